The van der Waals surface area contributed by atoms with Crippen molar-refractivity contribution in [3.05, 3.63) is 35.4 Å². The van der Waals surface area contributed by atoms with Gasteiger partial charge in [0.2, 0.25) is 11.8 Å². The number of aryl methyl sites for hydroxylation is 1. The second-order valence-corrected chi connectivity index (χ2v) is 6.74. The number of nitrogens with zero attached hydrogens (tertiary/aromatic N) is 2. The fourth-order valence-electron chi connectivity index (χ4n) is 3.59. The van der Waals surface area contributed by atoms with Gasteiger partial charge in [-0.2, -0.15) is 0 Å². The van der Waals surface area contributed by atoms with Crippen LogP contribution in [0.1, 0.15) is 17.5 Å². The first-order valence-corrected chi connectivity index (χ1v) is 8.15. The largest absolute Gasteiger partial charge is 0.375 e. The van der Waals surface area contributed by atoms with Crippen LogP contribution in [-0.2, 0) is 20.7 Å². The minimum atomic E-state index is -0.237. The van der Waals surface area contributed by atoms with E-state index in [0.29, 0.717) is 19.6 Å². The van der Waals surface area contributed by atoms with Crippen LogP contribution in [0.15, 0.2) is 24.3 Å². The van der Waals surface area contributed by atoms with Gasteiger partial charge in [-0.25, -0.2) is 0 Å². The van der Waals surface area contributed by atoms with Crippen molar-refractivity contribution in [1.82, 2.24) is 9.80 Å². The number of fused-ring (bicyclic) bond motifs is 1. The second-order valence-electron chi connectivity index (χ2n) is 6.74. The molecule has 0 unspecified atom stereocenters. The molecular weight excluding hydrogens is 292 g/mol. The monoisotopic (exact) mass is 316 g/mol. The van der Waals surface area contributed by atoms with Gasteiger partial charge in [0.25, 0.3) is 0 Å². The Bertz CT molecular complexity index is 597. The van der Waals surface area contributed by atoms with Crippen molar-refractivity contribution in [2.75, 3.05) is 27.2 Å². The standard InChI is InChI=1S/C18H24N2O3/c1-12-4-6-13(7-5-12)10-16(21)20-11-14(18(22)19(2)3)17-15(20)8-9-23-17/h4-7,14-15,17H,8-11H2,1-3H3/t14-,15-,17+/m0/s1. The molecular formula is C18H24N2O3. The second kappa shape index (κ2) is 6.32. The first kappa shape index (κ1) is 16.0. The molecule has 2 aliphatic rings. The summed E-state index contributed by atoms with van der Waals surface area (Å²) in [6.45, 7) is 3.13. The number of ether oxygens (including phenoxy) is 1. The Labute approximate surface area is 137 Å². The van der Waals surface area contributed by atoms with Gasteiger partial charge in [0.15, 0.2) is 0 Å². The van der Waals surface area contributed by atoms with E-state index in [-0.39, 0.29) is 29.9 Å². The zero-order valence-corrected chi connectivity index (χ0v) is 14.0. The maximum absolute atomic E-state index is 12.7. The molecule has 0 radical (unpaired) electrons. The number of carbonyl (C=O) groups is 2. The van der Waals surface area contributed by atoms with Crippen molar-refractivity contribution in [2.45, 2.75) is 31.9 Å². The van der Waals surface area contributed by atoms with Gasteiger partial charge in [-0.3, -0.25) is 9.59 Å². The Hall–Kier alpha value is -1.88. The molecule has 0 spiro atoms. The summed E-state index contributed by atoms with van der Waals surface area (Å²) in [5.41, 5.74) is 2.20. The van der Waals surface area contributed by atoms with Gasteiger partial charge in [0.05, 0.1) is 24.5 Å². The minimum absolute atomic E-state index is 0.0434. The molecule has 23 heavy (non-hydrogen) atoms. The Morgan fingerprint density at radius 2 is 1.96 bits per heavy atom. The topological polar surface area (TPSA) is 49.9 Å². The fourth-order valence-corrected chi connectivity index (χ4v) is 3.59. The van der Waals surface area contributed by atoms with Gasteiger partial charge < -0.3 is 14.5 Å². The van der Waals surface area contributed by atoms with Crippen molar-refractivity contribution < 1.29 is 14.3 Å². The predicted octanol–water partition coefficient (Wildman–Crippen LogP) is 1.24. The zero-order valence-electron chi connectivity index (χ0n) is 14.0. The summed E-state index contributed by atoms with van der Waals surface area (Å²) in [5, 5.41) is 0. The quantitative estimate of drug-likeness (QED) is 0.843. The molecule has 0 aromatic heterocycles. The van der Waals surface area contributed by atoms with Gasteiger partial charge in [0, 0.05) is 27.2 Å². The van der Waals surface area contributed by atoms with Crippen LogP contribution >= 0.6 is 0 Å². The highest BCUT2D eigenvalue weighted by Gasteiger charge is 2.50. The molecule has 2 fully saturated rings. The minimum Gasteiger partial charge on any atom is -0.375 e. The van der Waals surface area contributed by atoms with Crippen molar-refractivity contribution in [3.63, 3.8) is 0 Å². The first-order chi connectivity index (χ1) is 11.0. The molecule has 5 nitrogen and oxygen atoms in total. The number of amides is 2. The molecule has 2 amide bonds. The van der Waals surface area contributed by atoms with Crippen LogP contribution < -0.4 is 0 Å². The highest BCUT2D eigenvalue weighted by atomic mass is 16.5. The maximum Gasteiger partial charge on any atom is 0.229 e. The molecule has 2 aliphatic heterocycles. The van der Waals surface area contributed by atoms with E-state index < -0.39 is 0 Å². The van der Waals surface area contributed by atoms with E-state index in [1.54, 1.807) is 19.0 Å². The van der Waals surface area contributed by atoms with E-state index in [4.69, 9.17) is 4.74 Å². The normalized spacial score (nSPS) is 26.2. The third-order valence-electron chi connectivity index (χ3n) is 4.85. The van der Waals surface area contributed by atoms with Gasteiger partial charge in [-0.15, -0.1) is 0 Å². The van der Waals surface area contributed by atoms with E-state index in [2.05, 4.69) is 0 Å². The van der Waals surface area contributed by atoms with Crippen LogP contribution in [0.2, 0.25) is 0 Å². The van der Waals surface area contributed by atoms with Crippen LogP contribution in [0.3, 0.4) is 0 Å². The van der Waals surface area contributed by atoms with Gasteiger partial charge in [-0.05, 0) is 18.9 Å². The third-order valence-corrected chi connectivity index (χ3v) is 4.85. The van der Waals surface area contributed by atoms with Gasteiger partial charge in [0.1, 0.15) is 0 Å². The average molecular weight is 316 g/mol. The number of likely N-dealkylation sites (tertiary alicyclic amines) is 1. The molecule has 2 saturated heterocycles. The lowest BCUT2D eigenvalue weighted by atomic mass is 10.0. The first-order valence-electron chi connectivity index (χ1n) is 8.15. The Balaban J connectivity index is 1.73. The molecule has 0 saturated carbocycles. The van der Waals surface area contributed by atoms with E-state index in [1.165, 1.54) is 5.56 Å². The summed E-state index contributed by atoms with van der Waals surface area (Å²) in [6, 6.07) is 8.07. The molecule has 1 aromatic rings. The summed E-state index contributed by atoms with van der Waals surface area (Å²) in [7, 11) is 3.51. The Kier molecular flexibility index (Phi) is 4.39. The molecule has 3 rings (SSSR count). The van der Waals surface area contributed by atoms with Crippen LogP contribution in [0.4, 0.5) is 0 Å². The molecule has 0 bridgehead atoms. The third kappa shape index (κ3) is 3.11. The summed E-state index contributed by atoms with van der Waals surface area (Å²) < 4.78 is 5.77. The van der Waals surface area contributed by atoms with Crippen molar-refractivity contribution in [3.8, 4) is 0 Å². The summed E-state index contributed by atoms with van der Waals surface area (Å²) in [5.74, 6) is -0.101. The maximum atomic E-state index is 12.7. The summed E-state index contributed by atoms with van der Waals surface area (Å²) in [6.07, 6.45) is 1.06. The lowest BCUT2D eigenvalue weighted by Crippen LogP contribution is -2.38. The lowest BCUT2D eigenvalue weighted by Gasteiger charge is -2.22. The zero-order chi connectivity index (χ0) is 16.6. The van der Waals surface area contributed by atoms with Crippen molar-refractivity contribution >= 4 is 11.8 Å². The number of rotatable bonds is 3. The molecule has 124 valence electrons. The fraction of sp³-hybridized carbons (Fsp3) is 0.556. The molecule has 0 aliphatic carbocycles. The van der Waals surface area contributed by atoms with Gasteiger partial charge >= 0.3 is 0 Å². The average Bonchev–Trinajstić information content (AvgIpc) is 3.10. The highest BCUT2D eigenvalue weighted by Crippen LogP contribution is 2.34. The SMILES string of the molecule is Cc1ccc(CC(=O)N2C[C@H](C(=O)N(C)C)[C@H]3OCC[C@@H]32)cc1. The van der Waals surface area contributed by atoms with Crippen LogP contribution in [-0.4, -0.2) is 61.0 Å². The van der Waals surface area contributed by atoms with Gasteiger partial charge in [-0.1, -0.05) is 29.8 Å². The number of hydrogen-bond acceptors (Lipinski definition) is 3. The van der Waals surface area contributed by atoms with Crippen molar-refractivity contribution in [2.24, 2.45) is 5.92 Å². The predicted molar refractivity (Wildman–Crippen MR) is 86.9 cm³/mol. The summed E-state index contributed by atoms with van der Waals surface area (Å²) in [4.78, 5) is 28.5. The molecule has 1 aromatic carbocycles. The molecule has 3 atom stereocenters. The number of carbonyl (C=O) groups excluding carboxylic acids is 2. The van der Waals surface area contributed by atoms with Crippen molar-refractivity contribution in [1.29, 1.82) is 0 Å². The molecule has 0 N–H and O–H groups in total. The smallest absolute Gasteiger partial charge is 0.229 e. The Morgan fingerprint density at radius 3 is 2.61 bits per heavy atom. The number of benzene rings is 1. The van der Waals surface area contributed by atoms with E-state index in [9.17, 15) is 9.59 Å². The van der Waals surface area contributed by atoms with Crippen LogP contribution in [0.25, 0.3) is 0 Å². The summed E-state index contributed by atoms with van der Waals surface area (Å²) >= 11 is 0. The van der Waals surface area contributed by atoms with E-state index in [1.807, 2.05) is 36.1 Å². The van der Waals surface area contributed by atoms with Crippen LogP contribution in [0.5, 0.6) is 0 Å². The van der Waals surface area contributed by atoms with E-state index in [0.717, 1.165) is 12.0 Å². The van der Waals surface area contributed by atoms with E-state index >= 15 is 0 Å². The molecule has 5 heteroatoms. The number of hydrogen-bond donors (Lipinski definition) is 0. The Morgan fingerprint density at radius 1 is 1.26 bits per heavy atom. The highest BCUT2D eigenvalue weighted by molar-refractivity contribution is 5.84. The molecule has 2 heterocycles. The lowest BCUT2D eigenvalue weighted by molar-refractivity contribution is -0.135. The van der Waals surface area contributed by atoms with Crippen LogP contribution in [0, 0.1) is 12.8 Å².